The molecule has 0 saturated heterocycles. The van der Waals surface area contributed by atoms with Crippen LogP contribution in [0.2, 0.25) is 0 Å². The van der Waals surface area contributed by atoms with Crippen LogP contribution in [0, 0.1) is 0 Å². The molecule has 30 heavy (non-hydrogen) atoms. The van der Waals surface area contributed by atoms with Crippen LogP contribution in [0.5, 0.6) is 0 Å². The van der Waals surface area contributed by atoms with Gasteiger partial charge < -0.3 is 19.5 Å². The normalized spacial score (nSPS) is 11.1. The third-order valence-corrected chi connectivity index (χ3v) is 4.59. The first-order valence-corrected chi connectivity index (χ1v) is 9.58. The van der Waals surface area contributed by atoms with Crippen molar-refractivity contribution < 1.29 is 18.4 Å². The predicted molar refractivity (Wildman–Crippen MR) is 116 cm³/mol. The summed E-state index contributed by atoms with van der Waals surface area (Å²) in [7, 11) is 0. The Morgan fingerprint density at radius 2 is 1.67 bits per heavy atom. The number of carbonyl (C=O) groups excluding carboxylic acids is 2. The quantitative estimate of drug-likeness (QED) is 0.419. The fraction of sp³-hybridized carbons (Fsp3) is 0.0833. The van der Waals surface area contributed by atoms with Gasteiger partial charge in [-0.3, -0.25) is 9.59 Å². The largest absolute Gasteiger partial charge is 0.460 e. The highest BCUT2D eigenvalue weighted by Crippen LogP contribution is 2.27. The van der Waals surface area contributed by atoms with Crippen molar-refractivity contribution in [2.24, 2.45) is 0 Å². The molecular formula is C24H20N2O4. The molecule has 0 unspecified atom stereocenters. The Labute approximate surface area is 173 Å². The Morgan fingerprint density at radius 3 is 2.37 bits per heavy atom. The SMILES string of the molecule is CCc1oc2ccccc2c1/C=C/C(=O)Nc1ccc(NC(=O)c2ccco2)cc1. The smallest absolute Gasteiger partial charge is 0.291 e. The second-order valence-corrected chi connectivity index (χ2v) is 6.62. The van der Waals surface area contributed by atoms with Gasteiger partial charge in [-0.1, -0.05) is 25.1 Å². The average molecular weight is 400 g/mol. The maximum atomic E-state index is 12.4. The maximum absolute atomic E-state index is 12.4. The number of carbonyl (C=O) groups is 2. The number of amides is 2. The molecule has 0 radical (unpaired) electrons. The summed E-state index contributed by atoms with van der Waals surface area (Å²) in [6.07, 6.45) is 5.44. The first kappa shape index (κ1) is 19.3. The molecule has 4 rings (SSSR count). The molecule has 0 aliphatic heterocycles. The van der Waals surface area contributed by atoms with E-state index in [0.717, 1.165) is 28.7 Å². The van der Waals surface area contributed by atoms with Crippen molar-refractivity contribution in [3.05, 3.63) is 90.1 Å². The van der Waals surface area contributed by atoms with Crippen LogP contribution in [-0.2, 0) is 11.2 Å². The second kappa shape index (κ2) is 8.53. The van der Waals surface area contributed by atoms with Crippen LogP contribution in [0.25, 0.3) is 17.0 Å². The van der Waals surface area contributed by atoms with E-state index in [1.54, 1.807) is 42.5 Å². The molecule has 150 valence electrons. The van der Waals surface area contributed by atoms with E-state index < -0.39 is 0 Å². The zero-order chi connectivity index (χ0) is 20.9. The molecule has 0 fully saturated rings. The molecule has 0 aliphatic carbocycles. The lowest BCUT2D eigenvalue weighted by molar-refractivity contribution is -0.111. The van der Waals surface area contributed by atoms with Gasteiger partial charge >= 0.3 is 0 Å². The third kappa shape index (κ3) is 4.17. The number of benzene rings is 2. The highest BCUT2D eigenvalue weighted by molar-refractivity contribution is 6.04. The third-order valence-electron chi connectivity index (χ3n) is 4.59. The van der Waals surface area contributed by atoms with Gasteiger partial charge in [-0.05, 0) is 48.5 Å². The number of hydrogen-bond donors (Lipinski definition) is 2. The highest BCUT2D eigenvalue weighted by atomic mass is 16.3. The zero-order valence-corrected chi connectivity index (χ0v) is 16.3. The average Bonchev–Trinajstić information content (AvgIpc) is 3.41. The fourth-order valence-electron chi connectivity index (χ4n) is 3.14. The minimum absolute atomic E-state index is 0.232. The molecule has 0 saturated carbocycles. The minimum Gasteiger partial charge on any atom is -0.460 e. The molecule has 2 amide bonds. The van der Waals surface area contributed by atoms with Gasteiger partial charge in [0.2, 0.25) is 5.91 Å². The van der Waals surface area contributed by atoms with Crippen LogP contribution < -0.4 is 10.6 Å². The lowest BCUT2D eigenvalue weighted by atomic mass is 10.1. The maximum Gasteiger partial charge on any atom is 0.291 e. The molecule has 2 heterocycles. The summed E-state index contributed by atoms with van der Waals surface area (Å²) in [5, 5.41) is 6.52. The fourth-order valence-corrected chi connectivity index (χ4v) is 3.14. The molecule has 0 bridgehead atoms. The van der Waals surface area contributed by atoms with E-state index in [1.165, 1.54) is 12.3 Å². The number of hydrogen-bond acceptors (Lipinski definition) is 4. The second-order valence-electron chi connectivity index (χ2n) is 6.62. The molecule has 2 N–H and O–H groups in total. The van der Waals surface area contributed by atoms with Gasteiger partial charge in [-0.15, -0.1) is 0 Å². The molecule has 0 aliphatic rings. The van der Waals surface area contributed by atoms with Crippen LogP contribution in [0.3, 0.4) is 0 Å². The van der Waals surface area contributed by atoms with Gasteiger partial charge in [-0.2, -0.15) is 0 Å². The van der Waals surface area contributed by atoms with E-state index in [9.17, 15) is 9.59 Å². The van der Waals surface area contributed by atoms with Crippen molar-refractivity contribution in [1.82, 2.24) is 0 Å². The van der Waals surface area contributed by atoms with Crippen molar-refractivity contribution in [2.45, 2.75) is 13.3 Å². The molecule has 6 nitrogen and oxygen atoms in total. The molecule has 2 aromatic heterocycles. The van der Waals surface area contributed by atoms with Gasteiger partial charge in [0.05, 0.1) is 6.26 Å². The van der Waals surface area contributed by atoms with Crippen LogP contribution >= 0.6 is 0 Å². The standard InChI is InChI=1S/C24H20N2O4/c1-2-20-19(18-6-3-4-7-21(18)30-20)13-14-23(27)25-16-9-11-17(12-10-16)26-24(28)22-8-5-15-29-22/h3-15H,2H2,1H3,(H,25,27)(H,26,28)/b14-13+. The monoisotopic (exact) mass is 400 g/mol. The van der Waals surface area contributed by atoms with Crippen LogP contribution in [0.15, 0.2) is 81.8 Å². The first-order chi connectivity index (χ1) is 14.6. The lowest BCUT2D eigenvalue weighted by Crippen LogP contribution is -2.11. The van der Waals surface area contributed by atoms with Gasteiger partial charge in [0.25, 0.3) is 5.91 Å². The Balaban J connectivity index is 1.41. The van der Waals surface area contributed by atoms with Gasteiger partial charge in [0, 0.05) is 34.8 Å². The molecule has 2 aromatic carbocycles. The zero-order valence-electron chi connectivity index (χ0n) is 16.3. The number of para-hydroxylation sites is 1. The van der Waals surface area contributed by atoms with E-state index in [0.29, 0.717) is 11.4 Å². The van der Waals surface area contributed by atoms with Gasteiger partial charge in [0.15, 0.2) is 5.76 Å². The van der Waals surface area contributed by atoms with Crippen molar-refractivity contribution in [1.29, 1.82) is 0 Å². The number of furan rings is 2. The van der Waals surface area contributed by atoms with Crippen molar-refractivity contribution >= 4 is 40.2 Å². The predicted octanol–water partition coefficient (Wildman–Crippen LogP) is 5.49. The Bertz CT molecular complexity index is 1200. The lowest BCUT2D eigenvalue weighted by Gasteiger charge is -2.06. The Hall–Kier alpha value is -4.06. The summed E-state index contributed by atoms with van der Waals surface area (Å²) in [6.45, 7) is 2.02. The van der Waals surface area contributed by atoms with E-state index >= 15 is 0 Å². The van der Waals surface area contributed by atoms with Crippen LogP contribution in [0.1, 0.15) is 28.8 Å². The van der Waals surface area contributed by atoms with Crippen molar-refractivity contribution in [2.75, 3.05) is 10.6 Å². The summed E-state index contributed by atoms with van der Waals surface area (Å²) in [5.74, 6) is 0.487. The molecule has 6 heteroatoms. The van der Waals surface area contributed by atoms with Crippen molar-refractivity contribution in [3.8, 4) is 0 Å². The first-order valence-electron chi connectivity index (χ1n) is 9.58. The molecule has 4 aromatic rings. The highest BCUT2D eigenvalue weighted by Gasteiger charge is 2.11. The summed E-state index contributed by atoms with van der Waals surface area (Å²) < 4.78 is 10.9. The minimum atomic E-state index is -0.334. The van der Waals surface area contributed by atoms with Gasteiger partial charge in [-0.25, -0.2) is 0 Å². The number of fused-ring (bicyclic) bond motifs is 1. The summed E-state index contributed by atoms with van der Waals surface area (Å²) in [5.41, 5.74) is 2.94. The Kier molecular flexibility index (Phi) is 5.48. The van der Waals surface area contributed by atoms with Crippen molar-refractivity contribution in [3.63, 3.8) is 0 Å². The molecular weight excluding hydrogens is 380 g/mol. The Morgan fingerprint density at radius 1 is 0.933 bits per heavy atom. The molecule has 0 atom stereocenters. The number of anilines is 2. The van der Waals surface area contributed by atoms with E-state index in [2.05, 4.69) is 10.6 Å². The summed E-state index contributed by atoms with van der Waals surface area (Å²) in [6, 6.07) is 17.8. The summed E-state index contributed by atoms with van der Waals surface area (Å²) in [4.78, 5) is 24.3. The summed E-state index contributed by atoms with van der Waals surface area (Å²) >= 11 is 0. The van der Waals surface area contributed by atoms with E-state index in [1.807, 2.05) is 31.2 Å². The van der Waals surface area contributed by atoms with Gasteiger partial charge in [0.1, 0.15) is 11.3 Å². The number of rotatable bonds is 6. The van der Waals surface area contributed by atoms with Crippen LogP contribution in [-0.4, -0.2) is 11.8 Å². The number of aryl methyl sites for hydroxylation is 1. The van der Waals surface area contributed by atoms with Crippen LogP contribution in [0.4, 0.5) is 11.4 Å². The molecule has 0 spiro atoms. The number of nitrogens with one attached hydrogen (secondary N) is 2. The van der Waals surface area contributed by atoms with E-state index in [4.69, 9.17) is 8.83 Å². The topological polar surface area (TPSA) is 84.5 Å². The van der Waals surface area contributed by atoms with E-state index in [-0.39, 0.29) is 17.6 Å².